The van der Waals surface area contributed by atoms with Gasteiger partial charge in [-0.15, -0.1) is 20.4 Å². The molecular weight excluding hydrogens is 509 g/mol. The molecule has 3 rings (SSSR count). The summed E-state index contributed by atoms with van der Waals surface area (Å²) in [5.74, 6) is -2.69. The number of sulfonamides is 1. The zero-order chi connectivity index (χ0) is 25.6. The number of azo groups is 1. The van der Waals surface area contributed by atoms with E-state index in [4.69, 9.17) is 4.74 Å². The largest absolute Gasteiger partial charge is 0.460 e. The van der Waals surface area contributed by atoms with E-state index in [-0.39, 0.29) is 28.1 Å². The molecule has 0 aliphatic carbocycles. The number of nitrogens with one attached hydrogen (secondary N) is 1. The highest BCUT2D eigenvalue weighted by molar-refractivity contribution is 7.92. The van der Waals surface area contributed by atoms with Gasteiger partial charge in [-0.05, 0) is 43.4 Å². The topological polar surface area (TPSA) is 126 Å². The zero-order valence-electron chi connectivity index (χ0n) is 19.1. The Morgan fingerprint density at radius 1 is 1.23 bits per heavy atom. The second-order valence-corrected chi connectivity index (χ2v) is 10.5. The Kier molecular flexibility index (Phi) is 8.64. The Bertz CT molecular complexity index is 1180. The van der Waals surface area contributed by atoms with Gasteiger partial charge in [0.1, 0.15) is 5.69 Å². The van der Waals surface area contributed by atoms with E-state index in [0.29, 0.717) is 19.4 Å². The number of hydrogen-bond donors (Lipinski definition) is 1. The Morgan fingerprint density at radius 3 is 2.69 bits per heavy atom. The molecule has 1 N–H and O–H groups in total. The van der Waals surface area contributed by atoms with Crippen LogP contribution in [-0.4, -0.2) is 56.2 Å². The number of carbonyl (C=O) groups excluding carboxylic acids is 1. The van der Waals surface area contributed by atoms with Gasteiger partial charge in [0.2, 0.25) is 15.0 Å². The molecule has 0 unspecified atom stereocenters. The maximum atomic E-state index is 12.8. The van der Waals surface area contributed by atoms with Crippen LogP contribution in [0, 0.1) is 0 Å². The van der Waals surface area contributed by atoms with E-state index in [1.54, 1.807) is 6.07 Å². The number of fused-ring (bicyclic) bond motifs is 1. The monoisotopic (exact) mass is 534 g/mol. The lowest BCUT2D eigenvalue weighted by Gasteiger charge is -2.32. The van der Waals surface area contributed by atoms with E-state index in [2.05, 4.69) is 25.3 Å². The molecule has 0 saturated heterocycles. The first-order valence-electron chi connectivity index (χ1n) is 10.9. The van der Waals surface area contributed by atoms with Crippen LogP contribution in [0.25, 0.3) is 0 Å². The molecule has 1 aliphatic rings. The number of carbonyl (C=O) groups is 1. The van der Waals surface area contributed by atoms with E-state index < -0.39 is 27.9 Å². The predicted molar refractivity (Wildman–Crippen MR) is 125 cm³/mol. The minimum absolute atomic E-state index is 0.00266. The number of halogens is 3. The van der Waals surface area contributed by atoms with Crippen molar-refractivity contribution in [1.82, 2.24) is 10.2 Å². The first-order valence-corrected chi connectivity index (χ1v) is 13.4. The van der Waals surface area contributed by atoms with Crippen molar-refractivity contribution in [3.8, 4) is 0 Å². The van der Waals surface area contributed by atoms with Gasteiger partial charge in [-0.1, -0.05) is 25.2 Å². The lowest BCUT2D eigenvalue weighted by Crippen LogP contribution is -2.31. The van der Waals surface area contributed by atoms with E-state index in [1.165, 1.54) is 6.07 Å². The Morgan fingerprint density at radius 2 is 2.00 bits per heavy atom. The van der Waals surface area contributed by atoms with Crippen molar-refractivity contribution in [2.24, 2.45) is 10.2 Å². The molecule has 1 aromatic heterocycles. The van der Waals surface area contributed by atoms with Crippen LogP contribution in [-0.2, 0) is 21.2 Å². The summed E-state index contributed by atoms with van der Waals surface area (Å²) >= 11 is 0.820. The molecule has 0 atom stereocenters. The minimum atomic E-state index is -4.91. The second kappa shape index (κ2) is 11.3. The third kappa shape index (κ3) is 7.59. The number of alkyl halides is 3. The number of benzene rings is 1. The van der Waals surface area contributed by atoms with Crippen LogP contribution in [0.2, 0.25) is 0 Å². The number of hydrogen-bond acceptors (Lipinski definition) is 10. The average molecular weight is 535 g/mol. The van der Waals surface area contributed by atoms with Gasteiger partial charge in [-0.2, -0.15) is 13.2 Å². The zero-order valence-corrected chi connectivity index (χ0v) is 20.8. The van der Waals surface area contributed by atoms with Crippen LogP contribution in [0.1, 0.15) is 48.5 Å². The van der Waals surface area contributed by atoms with Gasteiger partial charge in [-0.3, -0.25) is 4.72 Å². The quantitative estimate of drug-likeness (QED) is 0.336. The minimum Gasteiger partial charge on any atom is -0.460 e. The Balaban J connectivity index is 1.95. The normalized spacial score (nSPS) is 14.3. The van der Waals surface area contributed by atoms with Gasteiger partial charge < -0.3 is 9.64 Å². The van der Waals surface area contributed by atoms with E-state index in [1.807, 2.05) is 18.6 Å². The van der Waals surface area contributed by atoms with Gasteiger partial charge in [0.25, 0.3) is 5.13 Å². The third-order valence-electron chi connectivity index (χ3n) is 4.79. The summed E-state index contributed by atoms with van der Waals surface area (Å²) in [6.45, 7) is 5.52. The van der Waals surface area contributed by atoms with Crippen molar-refractivity contribution in [1.29, 1.82) is 0 Å². The fourth-order valence-electron chi connectivity index (χ4n) is 3.47. The van der Waals surface area contributed by atoms with Crippen molar-refractivity contribution in [2.75, 3.05) is 35.1 Å². The summed E-state index contributed by atoms with van der Waals surface area (Å²) in [5, 5.41) is 15.4. The molecule has 2 heterocycles. The van der Waals surface area contributed by atoms with E-state index in [0.717, 1.165) is 42.0 Å². The van der Waals surface area contributed by atoms with Crippen molar-refractivity contribution >= 4 is 49.5 Å². The summed E-state index contributed by atoms with van der Waals surface area (Å²) in [7, 11) is -4.75. The molecule has 15 heteroatoms. The number of anilines is 2. The highest BCUT2D eigenvalue weighted by atomic mass is 32.2. The average Bonchev–Trinajstić information content (AvgIpc) is 3.24. The van der Waals surface area contributed by atoms with Crippen molar-refractivity contribution in [3.05, 3.63) is 22.7 Å². The van der Waals surface area contributed by atoms with Crippen LogP contribution >= 0.6 is 11.3 Å². The molecule has 10 nitrogen and oxygen atoms in total. The predicted octanol–water partition coefficient (Wildman–Crippen LogP) is 4.99. The summed E-state index contributed by atoms with van der Waals surface area (Å²) in [4.78, 5) is 14.0. The molecule has 0 saturated carbocycles. The molecule has 1 aliphatic heterocycles. The number of nitrogens with zero attached hydrogens (tertiary/aromatic N) is 5. The first-order chi connectivity index (χ1) is 16.5. The molecule has 0 fully saturated rings. The molecule has 0 amide bonds. The number of esters is 1. The highest BCUT2D eigenvalue weighted by Crippen LogP contribution is 2.38. The number of ether oxygens (including phenoxy) is 1. The smallest absolute Gasteiger partial charge is 0.404 e. The first kappa shape index (κ1) is 26.8. The highest BCUT2D eigenvalue weighted by Gasteiger charge is 2.35. The van der Waals surface area contributed by atoms with Crippen molar-refractivity contribution < 1.29 is 31.1 Å². The maximum Gasteiger partial charge on any atom is 0.404 e. The number of aromatic nitrogens is 2. The summed E-state index contributed by atoms with van der Waals surface area (Å²) < 4.78 is 69.7. The molecule has 0 spiro atoms. The fourth-order valence-corrected chi connectivity index (χ4v) is 5.03. The van der Waals surface area contributed by atoms with Crippen LogP contribution in [0.15, 0.2) is 22.4 Å². The molecule has 1 aromatic carbocycles. The SMILES string of the molecule is CCCOC(=O)c1nnc(N=Nc2cc3c(cc2NS(=O)(=O)CC(F)(F)F)N(CCC)CCC3)s1. The molecule has 0 radical (unpaired) electrons. The fraction of sp³-hybridized carbons (Fsp3) is 0.550. The van der Waals surface area contributed by atoms with Crippen LogP contribution in [0.4, 0.5) is 35.4 Å². The van der Waals surface area contributed by atoms with Gasteiger partial charge in [0.15, 0.2) is 5.75 Å². The molecule has 35 heavy (non-hydrogen) atoms. The lowest BCUT2D eigenvalue weighted by molar-refractivity contribution is -0.106. The summed E-state index contributed by atoms with van der Waals surface area (Å²) in [6.07, 6.45) is -1.87. The van der Waals surface area contributed by atoms with E-state index >= 15 is 0 Å². The van der Waals surface area contributed by atoms with Crippen molar-refractivity contribution in [3.63, 3.8) is 0 Å². The van der Waals surface area contributed by atoms with Crippen LogP contribution in [0.5, 0.6) is 0 Å². The van der Waals surface area contributed by atoms with Gasteiger partial charge >= 0.3 is 12.1 Å². The molecule has 2 aromatic rings. The second-order valence-electron chi connectivity index (χ2n) is 7.79. The lowest BCUT2D eigenvalue weighted by atomic mass is 10.00. The maximum absolute atomic E-state index is 12.8. The van der Waals surface area contributed by atoms with Crippen LogP contribution < -0.4 is 9.62 Å². The molecule has 0 bridgehead atoms. The molecular formula is C20H25F3N6O4S2. The summed E-state index contributed by atoms with van der Waals surface area (Å²) in [6, 6.07) is 3.09. The van der Waals surface area contributed by atoms with E-state index in [9.17, 15) is 26.4 Å². The van der Waals surface area contributed by atoms with Crippen LogP contribution in [0.3, 0.4) is 0 Å². The molecule has 192 valence electrons. The van der Waals surface area contributed by atoms with Gasteiger partial charge in [-0.25, -0.2) is 13.2 Å². The number of aryl methyl sites for hydroxylation is 1. The Hall–Kier alpha value is -2.81. The standard InChI is InChI=1S/C20H25F3N6O4S2/c1-3-7-29-8-5-6-13-10-14(15(11-16(13)29)28-35(31,32)12-20(21,22)23)24-26-19-27-25-17(34-19)18(30)33-9-4-2/h10-11,28H,3-9,12H2,1-2H3. The Labute approximate surface area is 204 Å². The van der Waals surface area contributed by atoms with Gasteiger partial charge in [0.05, 0.1) is 12.3 Å². The number of rotatable bonds is 10. The van der Waals surface area contributed by atoms with Gasteiger partial charge in [0, 0.05) is 18.8 Å². The third-order valence-corrected chi connectivity index (χ3v) is 6.82. The summed E-state index contributed by atoms with van der Waals surface area (Å²) in [5.41, 5.74) is 1.50. The van der Waals surface area contributed by atoms with Crippen molar-refractivity contribution in [2.45, 2.75) is 45.7 Å².